The topological polar surface area (TPSA) is 29.1 Å². The van der Waals surface area contributed by atoms with E-state index in [2.05, 4.69) is 21.2 Å². The Kier molecular flexibility index (Phi) is 4.22. The van der Waals surface area contributed by atoms with Gasteiger partial charge in [0.15, 0.2) is 5.78 Å². The molecule has 1 heterocycles. The summed E-state index contributed by atoms with van der Waals surface area (Å²) in [5.41, 5.74) is 0.742. The van der Waals surface area contributed by atoms with Crippen molar-refractivity contribution in [3.63, 3.8) is 0 Å². The van der Waals surface area contributed by atoms with Gasteiger partial charge in [-0.15, -0.1) is 0 Å². The Bertz CT molecular complexity index is 505. The average molecular weight is 340 g/mol. The van der Waals surface area contributed by atoms with Crippen LogP contribution < -0.4 is 5.32 Å². The molecular weight excluding hydrogens is 321 g/mol. The third kappa shape index (κ3) is 2.96. The fourth-order valence-corrected chi connectivity index (χ4v) is 3.94. The molecule has 1 aromatic carbocycles. The van der Waals surface area contributed by atoms with Crippen molar-refractivity contribution in [3.05, 3.63) is 34.1 Å². The van der Waals surface area contributed by atoms with Crippen LogP contribution in [0, 0.1) is 11.7 Å². The molecule has 108 valence electrons. The molecule has 1 saturated carbocycles. The predicted octanol–water partition coefficient (Wildman–Crippen LogP) is 3.62. The maximum absolute atomic E-state index is 13.3. The van der Waals surface area contributed by atoms with Crippen LogP contribution in [0.5, 0.6) is 0 Å². The van der Waals surface area contributed by atoms with E-state index >= 15 is 0 Å². The smallest absolute Gasteiger partial charge is 0.154 e. The minimum atomic E-state index is -0.288. The van der Waals surface area contributed by atoms with Gasteiger partial charge in [-0.3, -0.25) is 4.79 Å². The fraction of sp³-hybridized carbons (Fsp3) is 0.562. The van der Waals surface area contributed by atoms with Crippen LogP contribution in [0.15, 0.2) is 22.7 Å². The van der Waals surface area contributed by atoms with E-state index in [1.165, 1.54) is 37.8 Å². The zero-order valence-corrected chi connectivity index (χ0v) is 13.0. The van der Waals surface area contributed by atoms with E-state index in [1.54, 1.807) is 6.07 Å². The van der Waals surface area contributed by atoms with Gasteiger partial charge in [0.1, 0.15) is 5.82 Å². The highest BCUT2D eigenvalue weighted by atomic mass is 79.9. The molecule has 3 rings (SSSR count). The molecule has 1 aliphatic heterocycles. The Hall–Kier alpha value is -0.740. The Balaban J connectivity index is 1.66. The van der Waals surface area contributed by atoms with Crippen molar-refractivity contribution in [3.8, 4) is 0 Å². The quantitative estimate of drug-likeness (QED) is 0.911. The van der Waals surface area contributed by atoms with Gasteiger partial charge in [-0.1, -0.05) is 28.8 Å². The Labute approximate surface area is 127 Å². The SMILES string of the molecule is O=C(Cc1cc(F)ccc1Br)C1CC2CCCCC2N1. The minimum Gasteiger partial charge on any atom is -0.304 e. The summed E-state index contributed by atoms with van der Waals surface area (Å²) in [4.78, 5) is 12.4. The number of fused-ring (bicyclic) bond motifs is 1. The molecule has 1 aliphatic carbocycles. The van der Waals surface area contributed by atoms with Crippen LogP contribution in [0.4, 0.5) is 4.39 Å². The lowest BCUT2D eigenvalue weighted by Crippen LogP contribution is -2.37. The van der Waals surface area contributed by atoms with Crippen molar-refractivity contribution in [2.75, 3.05) is 0 Å². The Morgan fingerprint density at radius 3 is 2.95 bits per heavy atom. The summed E-state index contributed by atoms with van der Waals surface area (Å²) in [6.07, 6.45) is 6.25. The second-order valence-corrected chi connectivity index (χ2v) is 6.84. The maximum Gasteiger partial charge on any atom is 0.154 e. The number of benzene rings is 1. The molecule has 3 atom stereocenters. The molecule has 0 radical (unpaired) electrons. The molecule has 1 aromatic rings. The molecule has 0 spiro atoms. The average Bonchev–Trinajstić information content (AvgIpc) is 2.87. The summed E-state index contributed by atoms with van der Waals surface area (Å²) in [5.74, 6) is 0.559. The van der Waals surface area contributed by atoms with Crippen molar-refractivity contribution < 1.29 is 9.18 Å². The minimum absolute atomic E-state index is 0.0433. The molecule has 3 unspecified atom stereocenters. The first kappa shape index (κ1) is 14.2. The Morgan fingerprint density at radius 2 is 2.15 bits per heavy atom. The lowest BCUT2D eigenvalue weighted by Gasteiger charge is -2.24. The van der Waals surface area contributed by atoms with E-state index in [0.717, 1.165) is 16.5 Å². The summed E-state index contributed by atoms with van der Waals surface area (Å²) >= 11 is 3.39. The zero-order valence-electron chi connectivity index (χ0n) is 11.4. The van der Waals surface area contributed by atoms with Gasteiger partial charge in [0.25, 0.3) is 0 Å². The maximum atomic E-state index is 13.3. The normalized spacial score (nSPS) is 29.2. The van der Waals surface area contributed by atoms with Crippen LogP contribution >= 0.6 is 15.9 Å². The van der Waals surface area contributed by atoms with E-state index in [1.807, 2.05) is 0 Å². The van der Waals surface area contributed by atoms with E-state index in [-0.39, 0.29) is 17.6 Å². The summed E-state index contributed by atoms with van der Waals surface area (Å²) in [6, 6.07) is 5.00. The van der Waals surface area contributed by atoms with Crippen molar-refractivity contribution in [1.29, 1.82) is 0 Å². The second kappa shape index (κ2) is 5.94. The van der Waals surface area contributed by atoms with Crippen LogP contribution in [0.2, 0.25) is 0 Å². The van der Waals surface area contributed by atoms with Gasteiger partial charge in [-0.25, -0.2) is 4.39 Å². The number of ketones is 1. The molecule has 20 heavy (non-hydrogen) atoms. The van der Waals surface area contributed by atoms with Crippen LogP contribution in [-0.2, 0) is 11.2 Å². The first-order valence-corrected chi connectivity index (χ1v) is 8.15. The van der Waals surface area contributed by atoms with Crippen LogP contribution in [0.25, 0.3) is 0 Å². The molecule has 1 saturated heterocycles. The molecule has 1 N–H and O–H groups in total. The number of carbonyl (C=O) groups is 1. The van der Waals surface area contributed by atoms with Gasteiger partial charge >= 0.3 is 0 Å². The standard InChI is InChI=1S/C16H19BrFNO/c17-13-6-5-12(18)7-11(13)9-16(20)15-8-10-3-1-2-4-14(10)19-15/h5-7,10,14-15,19H,1-4,8-9H2. The van der Waals surface area contributed by atoms with Gasteiger partial charge in [0, 0.05) is 16.9 Å². The number of carbonyl (C=O) groups excluding carboxylic acids is 1. The van der Waals surface area contributed by atoms with Gasteiger partial charge in [0.05, 0.1) is 6.04 Å². The summed E-state index contributed by atoms with van der Waals surface area (Å²) in [6.45, 7) is 0. The first-order chi connectivity index (χ1) is 9.63. The van der Waals surface area contributed by atoms with E-state index < -0.39 is 0 Å². The first-order valence-electron chi connectivity index (χ1n) is 7.36. The number of hydrogen-bond acceptors (Lipinski definition) is 2. The fourth-order valence-electron chi connectivity index (χ4n) is 3.55. The molecule has 2 nitrogen and oxygen atoms in total. The molecular formula is C16H19BrFNO. The Morgan fingerprint density at radius 1 is 1.35 bits per heavy atom. The van der Waals surface area contributed by atoms with Gasteiger partial charge in [-0.2, -0.15) is 0 Å². The van der Waals surface area contributed by atoms with Gasteiger partial charge < -0.3 is 5.32 Å². The number of Topliss-reactive ketones (excluding diaryl/α,β-unsaturated/α-hetero) is 1. The lowest BCUT2D eigenvalue weighted by atomic mass is 9.84. The number of halogens is 2. The summed E-state index contributed by atoms with van der Waals surface area (Å²) in [5, 5.41) is 3.49. The predicted molar refractivity (Wildman–Crippen MR) is 80.1 cm³/mol. The zero-order chi connectivity index (χ0) is 14.1. The highest BCUT2D eigenvalue weighted by Gasteiger charge is 2.37. The largest absolute Gasteiger partial charge is 0.304 e. The van der Waals surface area contributed by atoms with Crippen LogP contribution in [0.3, 0.4) is 0 Å². The lowest BCUT2D eigenvalue weighted by molar-refractivity contribution is -0.120. The van der Waals surface area contributed by atoms with E-state index in [4.69, 9.17) is 0 Å². The second-order valence-electron chi connectivity index (χ2n) is 5.98. The molecule has 0 aromatic heterocycles. The molecule has 2 fully saturated rings. The van der Waals surface area contributed by atoms with Crippen molar-refractivity contribution in [2.24, 2.45) is 5.92 Å². The number of rotatable bonds is 3. The highest BCUT2D eigenvalue weighted by Crippen LogP contribution is 2.34. The molecule has 0 bridgehead atoms. The monoisotopic (exact) mass is 339 g/mol. The number of hydrogen-bond donors (Lipinski definition) is 1. The van der Waals surface area contributed by atoms with Crippen molar-refractivity contribution in [2.45, 2.75) is 50.6 Å². The third-order valence-electron chi connectivity index (χ3n) is 4.62. The van der Waals surface area contributed by atoms with Crippen molar-refractivity contribution >= 4 is 21.7 Å². The summed E-state index contributed by atoms with van der Waals surface area (Å²) in [7, 11) is 0. The molecule has 0 amide bonds. The van der Waals surface area contributed by atoms with Gasteiger partial charge in [-0.05, 0) is 48.9 Å². The van der Waals surface area contributed by atoms with E-state index in [0.29, 0.717) is 18.4 Å². The summed E-state index contributed by atoms with van der Waals surface area (Å²) < 4.78 is 14.1. The number of nitrogens with one attached hydrogen (secondary N) is 1. The highest BCUT2D eigenvalue weighted by molar-refractivity contribution is 9.10. The molecule has 2 aliphatic rings. The van der Waals surface area contributed by atoms with Crippen LogP contribution in [0.1, 0.15) is 37.7 Å². The third-order valence-corrected chi connectivity index (χ3v) is 5.40. The van der Waals surface area contributed by atoms with Gasteiger partial charge in [0.2, 0.25) is 0 Å². The van der Waals surface area contributed by atoms with Crippen molar-refractivity contribution in [1.82, 2.24) is 5.32 Å². The molecule has 4 heteroatoms. The van der Waals surface area contributed by atoms with E-state index in [9.17, 15) is 9.18 Å². The van der Waals surface area contributed by atoms with Crippen LogP contribution in [-0.4, -0.2) is 17.9 Å².